The van der Waals surface area contributed by atoms with Crippen molar-refractivity contribution in [2.75, 3.05) is 13.7 Å². The van der Waals surface area contributed by atoms with Crippen LogP contribution < -0.4 is 5.32 Å². The van der Waals surface area contributed by atoms with E-state index in [1.54, 1.807) is 0 Å². The highest BCUT2D eigenvalue weighted by molar-refractivity contribution is 5.81. The summed E-state index contributed by atoms with van der Waals surface area (Å²) >= 11 is 0. The number of hydrogen-bond donors (Lipinski definition) is 1. The molecule has 1 atom stereocenters. The highest BCUT2D eigenvalue weighted by Crippen LogP contribution is 2.46. The predicted molar refractivity (Wildman–Crippen MR) is 85.6 cm³/mol. The van der Waals surface area contributed by atoms with Crippen LogP contribution >= 0.6 is 0 Å². The molecule has 114 valence electrons. The quantitative estimate of drug-likeness (QED) is 0.857. The number of ether oxygens (including phenoxy) is 1. The standard InChI is InChI=1S/C18H25NO2/c1-4-11-19-17(18(20-3)9-6-10-18)15-12-14-8-5-7-13(2)16(14)21-15/h5,7-8,12,17,19H,4,6,9-11H2,1-3H3. The molecule has 2 aromatic rings. The van der Waals surface area contributed by atoms with Gasteiger partial charge in [0, 0.05) is 12.5 Å². The van der Waals surface area contributed by atoms with Gasteiger partial charge in [-0.25, -0.2) is 0 Å². The Morgan fingerprint density at radius 3 is 2.76 bits per heavy atom. The monoisotopic (exact) mass is 287 g/mol. The maximum absolute atomic E-state index is 6.20. The second-order valence-electron chi connectivity index (χ2n) is 6.15. The number of nitrogens with one attached hydrogen (secondary N) is 1. The molecule has 0 spiro atoms. The first kappa shape index (κ1) is 14.6. The van der Waals surface area contributed by atoms with Gasteiger partial charge in [-0.1, -0.05) is 25.1 Å². The van der Waals surface area contributed by atoms with Crippen LogP contribution in [0.1, 0.15) is 50.0 Å². The normalized spacial score (nSPS) is 18.6. The topological polar surface area (TPSA) is 34.4 Å². The molecular formula is C18H25NO2. The lowest BCUT2D eigenvalue weighted by Gasteiger charge is -2.46. The van der Waals surface area contributed by atoms with Crippen LogP contribution in [-0.4, -0.2) is 19.3 Å². The van der Waals surface area contributed by atoms with Crippen molar-refractivity contribution in [2.45, 2.75) is 51.2 Å². The summed E-state index contributed by atoms with van der Waals surface area (Å²) in [6.07, 6.45) is 4.54. The largest absolute Gasteiger partial charge is 0.459 e. The van der Waals surface area contributed by atoms with E-state index in [0.29, 0.717) is 0 Å². The van der Waals surface area contributed by atoms with E-state index in [0.717, 1.165) is 37.2 Å². The average Bonchev–Trinajstić information content (AvgIpc) is 2.87. The molecule has 3 nitrogen and oxygen atoms in total. The molecule has 0 radical (unpaired) electrons. The summed E-state index contributed by atoms with van der Waals surface area (Å²) in [5, 5.41) is 4.82. The van der Waals surface area contributed by atoms with Gasteiger partial charge in [0.15, 0.2) is 0 Å². The first-order valence-electron chi connectivity index (χ1n) is 7.98. The highest BCUT2D eigenvalue weighted by atomic mass is 16.5. The van der Waals surface area contributed by atoms with E-state index in [1.165, 1.54) is 17.4 Å². The van der Waals surface area contributed by atoms with Crippen molar-refractivity contribution in [1.82, 2.24) is 5.32 Å². The zero-order valence-electron chi connectivity index (χ0n) is 13.2. The molecule has 3 rings (SSSR count). The molecule has 1 aromatic heterocycles. The van der Waals surface area contributed by atoms with Crippen molar-refractivity contribution in [3.8, 4) is 0 Å². The minimum atomic E-state index is -0.100. The van der Waals surface area contributed by atoms with Gasteiger partial charge in [-0.3, -0.25) is 0 Å². The predicted octanol–water partition coefficient (Wildman–Crippen LogP) is 4.35. The SMILES string of the molecule is CCCNC(c1cc2cccc(C)c2o1)C1(OC)CCC1. The Hall–Kier alpha value is -1.32. The highest BCUT2D eigenvalue weighted by Gasteiger charge is 2.46. The third-order valence-electron chi connectivity index (χ3n) is 4.78. The molecule has 1 aromatic carbocycles. The third kappa shape index (κ3) is 2.49. The summed E-state index contributed by atoms with van der Waals surface area (Å²) in [6, 6.07) is 8.62. The number of para-hydroxylation sites is 1. The van der Waals surface area contributed by atoms with Crippen molar-refractivity contribution in [3.05, 3.63) is 35.6 Å². The molecule has 1 aliphatic carbocycles. The third-order valence-corrected chi connectivity index (χ3v) is 4.78. The Balaban J connectivity index is 1.99. The lowest BCUT2D eigenvalue weighted by molar-refractivity contribution is -0.104. The summed E-state index contributed by atoms with van der Waals surface area (Å²) in [5.41, 5.74) is 2.09. The van der Waals surface area contributed by atoms with Crippen molar-refractivity contribution in [3.63, 3.8) is 0 Å². The lowest BCUT2D eigenvalue weighted by atomic mass is 9.73. The molecule has 3 heteroatoms. The fourth-order valence-corrected chi connectivity index (χ4v) is 3.34. The van der Waals surface area contributed by atoms with E-state index in [2.05, 4.69) is 43.4 Å². The van der Waals surface area contributed by atoms with Gasteiger partial charge in [-0.15, -0.1) is 0 Å². The van der Waals surface area contributed by atoms with Gasteiger partial charge in [0.1, 0.15) is 11.3 Å². The smallest absolute Gasteiger partial charge is 0.137 e. The molecule has 1 fully saturated rings. The van der Waals surface area contributed by atoms with E-state index in [9.17, 15) is 0 Å². The minimum Gasteiger partial charge on any atom is -0.459 e. The van der Waals surface area contributed by atoms with Crippen LogP contribution in [0.25, 0.3) is 11.0 Å². The van der Waals surface area contributed by atoms with E-state index >= 15 is 0 Å². The number of methoxy groups -OCH3 is 1. The Morgan fingerprint density at radius 1 is 1.38 bits per heavy atom. The molecular weight excluding hydrogens is 262 g/mol. The lowest BCUT2D eigenvalue weighted by Crippen LogP contribution is -2.50. The molecule has 0 amide bonds. The van der Waals surface area contributed by atoms with E-state index in [1.807, 2.05) is 7.11 Å². The number of hydrogen-bond acceptors (Lipinski definition) is 3. The zero-order valence-corrected chi connectivity index (χ0v) is 13.2. The van der Waals surface area contributed by atoms with Gasteiger partial charge < -0.3 is 14.5 Å². The maximum Gasteiger partial charge on any atom is 0.137 e. The van der Waals surface area contributed by atoms with Crippen LogP contribution in [0.5, 0.6) is 0 Å². The molecule has 1 aliphatic rings. The molecule has 1 heterocycles. The van der Waals surface area contributed by atoms with Gasteiger partial charge in [-0.05, 0) is 50.8 Å². The average molecular weight is 287 g/mol. The zero-order chi connectivity index (χ0) is 14.9. The van der Waals surface area contributed by atoms with Crippen molar-refractivity contribution >= 4 is 11.0 Å². The van der Waals surface area contributed by atoms with Crippen LogP contribution in [-0.2, 0) is 4.74 Å². The second kappa shape index (κ2) is 5.82. The van der Waals surface area contributed by atoms with Crippen LogP contribution in [0, 0.1) is 6.92 Å². The number of furan rings is 1. The maximum atomic E-state index is 6.20. The Bertz CT molecular complexity index is 607. The molecule has 0 aliphatic heterocycles. The molecule has 1 saturated carbocycles. The Morgan fingerprint density at radius 2 is 2.19 bits per heavy atom. The van der Waals surface area contributed by atoms with E-state index < -0.39 is 0 Å². The van der Waals surface area contributed by atoms with Crippen molar-refractivity contribution in [2.24, 2.45) is 0 Å². The number of aryl methyl sites for hydroxylation is 1. The Kier molecular flexibility index (Phi) is 4.05. The summed E-state index contributed by atoms with van der Waals surface area (Å²) in [7, 11) is 1.83. The molecule has 1 unspecified atom stereocenters. The van der Waals surface area contributed by atoms with Crippen LogP contribution in [0.2, 0.25) is 0 Å². The molecule has 21 heavy (non-hydrogen) atoms. The summed E-state index contributed by atoms with van der Waals surface area (Å²) < 4.78 is 12.1. The van der Waals surface area contributed by atoms with Gasteiger partial charge in [-0.2, -0.15) is 0 Å². The number of fused-ring (bicyclic) bond motifs is 1. The van der Waals surface area contributed by atoms with Gasteiger partial charge in [0.2, 0.25) is 0 Å². The minimum absolute atomic E-state index is 0.100. The first-order valence-corrected chi connectivity index (χ1v) is 7.98. The van der Waals surface area contributed by atoms with E-state index in [-0.39, 0.29) is 11.6 Å². The van der Waals surface area contributed by atoms with Gasteiger partial charge in [0.05, 0.1) is 11.6 Å². The Labute approximate surface area is 126 Å². The fourth-order valence-electron chi connectivity index (χ4n) is 3.34. The van der Waals surface area contributed by atoms with Crippen LogP contribution in [0.4, 0.5) is 0 Å². The fraction of sp³-hybridized carbons (Fsp3) is 0.556. The van der Waals surface area contributed by atoms with Gasteiger partial charge in [0.25, 0.3) is 0 Å². The summed E-state index contributed by atoms with van der Waals surface area (Å²) in [6.45, 7) is 5.26. The first-order chi connectivity index (χ1) is 10.2. The van der Waals surface area contributed by atoms with Crippen molar-refractivity contribution < 1.29 is 9.15 Å². The molecule has 1 N–H and O–H groups in total. The van der Waals surface area contributed by atoms with E-state index in [4.69, 9.17) is 9.15 Å². The molecule has 0 bridgehead atoms. The van der Waals surface area contributed by atoms with Crippen molar-refractivity contribution in [1.29, 1.82) is 0 Å². The summed E-state index contributed by atoms with van der Waals surface area (Å²) in [4.78, 5) is 0. The number of benzene rings is 1. The number of rotatable bonds is 6. The second-order valence-corrected chi connectivity index (χ2v) is 6.15. The van der Waals surface area contributed by atoms with Crippen LogP contribution in [0.15, 0.2) is 28.7 Å². The molecule has 0 saturated heterocycles. The van der Waals surface area contributed by atoms with Crippen LogP contribution in [0.3, 0.4) is 0 Å². The summed E-state index contributed by atoms with van der Waals surface area (Å²) in [5.74, 6) is 1.01. The van der Waals surface area contributed by atoms with Gasteiger partial charge >= 0.3 is 0 Å².